The van der Waals surface area contributed by atoms with Gasteiger partial charge in [-0.25, -0.2) is 0 Å². The lowest BCUT2D eigenvalue weighted by Crippen LogP contribution is -2.01. The summed E-state index contributed by atoms with van der Waals surface area (Å²) in [5.74, 6) is 6.47. The summed E-state index contributed by atoms with van der Waals surface area (Å²) in [6.07, 6.45) is 4.89. The van der Waals surface area contributed by atoms with Crippen molar-refractivity contribution in [1.82, 2.24) is 9.78 Å². The van der Waals surface area contributed by atoms with Gasteiger partial charge in [-0.2, -0.15) is 5.10 Å². The van der Waals surface area contributed by atoms with Crippen molar-refractivity contribution in [3.8, 4) is 11.8 Å². The highest BCUT2D eigenvalue weighted by molar-refractivity contribution is 5.29. The molecule has 2 N–H and O–H groups in total. The van der Waals surface area contributed by atoms with Gasteiger partial charge in [-0.05, 0) is 12.3 Å². The molecule has 14 heavy (non-hydrogen) atoms. The van der Waals surface area contributed by atoms with Gasteiger partial charge >= 0.3 is 0 Å². The van der Waals surface area contributed by atoms with Gasteiger partial charge in [0.2, 0.25) is 0 Å². The monoisotopic (exact) mass is 191 g/mol. The normalized spacial score (nSPS) is 10.0. The Morgan fingerprint density at radius 2 is 2.36 bits per heavy atom. The fraction of sp³-hybridized carbons (Fsp3) is 0.545. The smallest absolute Gasteiger partial charge is 0.0646 e. The number of aryl methyl sites for hydroxylation is 1. The van der Waals surface area contributed by atoms with Crippen LogP contribution in [-0.4, -0.2) is 16.3 Å². The van der Waals surface area contributed by atoms with Gasteiger partial charge in [-0.1, -0.05) is 25.7 Å². The van der Waals surface area contributed by atoms with Crippen molar-refractivity contribution < 1.29 is 0 Å². The van der Waals surface area contributed by atoms with Gasteiger partial charge in [0.15, 0.2) is 0 Å². The maximum absolute atomic E-state index is 5.28. The lowest BCUT2D eigenvalue weighted by molar-refractivity contribution is 0.487. The molecule has 0 aromatic carbocycles. The van der Waals surface area contributed by atoms with E-state index >= 15 is 0 Å². The predicted octanol–water partition coefficient (Wildman–Crippen LogP) is 1.24. The van der Waals surface area contributed by atoms with Crippen LogP contribution in [0.15, 0.2) is 12.4 Å². The minimum atomic E-state index is 0.400. The van der Waals surface area contributed by atoms with Crippen LogP contribution in [-0.2, 0) is 6.54 Å². The molecule has 0 atom stereocenters. The van der Waals surface area contributed by atoms with Gasteiger partial charge in [-0.3, -0.25) is 4.68 Å². The summed E-state index contributed by atoms with van der Waals surface area (Å²) in [6, 6.07) is 0. The molecule has 1 heterocycles. The summed E-state index contributed by atoms with van der Waals surface area (Å²) < 4.78 is 1.93. The second kappa shape index (κ2) is 5.46. The molecule has 0 bridgehead atoms. The Morgan fingerprint density at radius 3 is 3.00 bits per heavy atom. The van der Waals surface area contributed by atoms with Crippen LogP contribution in [0.5, 0.6) is 0 Å². The first-order valence-corrected chi connectivity index (χ1v) is 4.93. The van der Waals surface area contributed by atoms with Gasteiger partial charge in [0.25, 0.3) is 0 Å². The molecule has 76 valence electrons. The maximum Gasteiger partial charge on any atom is 0.0646 e. The lowest BCUT2D eigenvalue weighted by Gasteiger charge is -2.03. The molecule has 0 amide bonds. The Balaban J connectivity index is 2.51. The Labute approximate surface area is 85.3 Å². The molecular weight excluding hydrogens is 174 g/mol. The van der Waals surface area contributed by atoms with Crippen molar-refractivity contribution in [1.29, 1.82) is 0 Å². The molecule has 0 saturated heterocycles. The largest absolute Gasteiger partial charge is 0.320 e. The van der Waals surface area contributed by atoms with Crippen molar-refractivity contribution >= 4 is 0 Å². The summed E-state index contributed by atoms with van der Waals surface area (Å²) in [7, 11) is 0. The zero-order chi connectivity index (χ0) is 10.4. The van der Waals surface area contributed by atoms with Crippen molar-refractivity contribution in [3.63, 3.8) is 0 Å². The first kappa shape index (κ1) is 10.8. The van der Waals surface area contributed by atoms with E-state index in [4.69, 9.17) is 5.73 Å². The zero-order valence-electron chi connectivity index (χ0n) is 8.83. The molecule has 1 aromatic heterocycles. The van der Waals surface area contributed by atoms with Crippen molar-refractivity contribution in [2.75, 3.05) is 6.54 Å². The number of aromatic nitrogens is 2. The van der Waals surface area contributed by atoms with Crippen LogP contribution in [0.1, 0.15) is 25.8 Å². The molecule has 3 heteroatoms. The van der Waals surface area contributed by atoms with Crippen molar-refractivity contribution in [2.24, 2.45) is 11.7 Å². The van der Waals surface area contributed by atoms with E-state index in [-0.39, 0.29) is 0 Å². The van der Waals surface area contributed by atoms with Crippen LogP contribution in [0.4, 0.5) is 0 Å². The van der Waals surface area contributed by atoms with E-state index in [2.05, 4.69) is 30.8 Å². The molecule has 0 aliphatic heterocycles. The molecule has 0 aliphatic rings. The number of nitrogens with two attached hydrogens (primary N) is 1. The molecule has 0 fully saturated rings. The fourth-order valence-electron chi connectivity index (χ4n) is 1.09. The molecule has 0 aliphatic carbocycles. The molecule has 0 unspecified atom stereocenters. The van der Waals surface area contributed by atoms with Crippen LogP contribution in [0.3, 0.4) is 0 Å². The summed E-state index contributed by atoms with van der Waals surface area (Å²) in [5.41, 5.74) is 6.22. The fourth-order valence-corrected chi connectivity index (χ4v) is 1.09. The minimum absolute atomic E-state index is 0.400. The third kappa shape index (κ3) is 3.63. The summed E-state index contributed by atoms with van der Waals surface area (Å²) in [5, 5.41) is 4.21. The Morgan fingerprint density at radius 1 is 1.57 bits per heavy atom. The standard InChI is InChI=1S/C11H17N3/c1-10(2)5-7-14-9-11(8-13-14)4-3-6-12/h8-10H,5-7,12H2,1-2H3. The van der Waals surface area contributed by atoms with Crippen LogP contribution >= 0.6 is 0 Å². The minimum Gasteiger partial charge on any atom is -0.320 e. The topological polar surface area (TPSA) is 43.8 Å². The van der Waals surface area contributed by atoms with E-state index in [1.807, 2.05) is 10.9 Å². The van der Waals surface area contributed by atoms with E-state index in [0.29, 0.717) is 12.5 Å². The summed E-state index contributed by atoms with van der Waals surface area (Å²) >= 11 is 0. The summed E-state index contributed by atoms with van der Waals surface area (Å²) in [4.78, 5) is 0. The van der Waals surface area contributed by atoms with E-state index in [1.54, 1.807) is 6.20 Å². The molecular formula is C11H17N3. The molecule has 0 saturated carbocycles. The first-order valence-electron chi connectivity index (χ1n) is 4.93. The van der Waals surface area contributed by atoms with E-state index < -0.39 is 0 Å². The van der Waals surface area contributed by atoms with Gasteiger partial charge in [-0.15, -0.1) is 0 Å². The third-order valence-electron chi connectivity index (χ3n) is 1.90. The van der Waals surface area contributed by atoms with Gasteiger partial charge < -0.3 is 5.73 Å². The number of nitrogens with zero attached hydrogens (tertiary/aromatic N) is 2. The van der Waals surface area contributed by atoms with E-state index in [1.165, 1.54) is 0 Å². The number of rotatable bonds is 3. The highest BCUT2D eigenvalue weighted by Crippen LogP contribution is 2.03. The molecule has 0 spiro atoms. The average molecular weight is 191 g/mol. The second-order valence-corrected chi connectivity index (χ2v) is 3.68. The molecule has 1 rings (SSSR count). The molecule has 0 radical (unpaired) electrons. The SMILES string of the molecule is CC(C)CCn1cc(C#CCN)cn1. The number of hydrogen-bond donors (Lipinski definition) is 1. The first-order chi connectivity index (χ1) is 6.72. The maximum atomic E-state index is 5.28. The van der Waals surface area contributed by atoms with Crippen LogP contribution in [0.25, 0.3) is 0 Å². The highest BCUT2D eigenvalue weighted by atomic mass is 15.3. The predicted molar refractivity (Wildman–Crippen MR) is 57.6 cm³/mol. The van der Waals surface area contributed by atoms with Crippen molar-refractivity contribution in [2.45, 2.75) is 26.8 Å². The van der Waals surface area contributed by atoms with E-state index in [0.717, 1.165) is 18.5 Å². The van der Waals surface area contributed by atoms with Crippen LogP contribution in [0.2, 0.25) is 0 Å². The third-order valence-corrected chi connectivity index (χ3v) is 1.90. The van der Waals surface area contributed by atoms with E-state index in [9.17, 15) is 0 Å². The zero-order valence-corrected chi connectivity index (χ0v) is 8.83. The van der Waals surface area contributed by atoms with Crippen LogP contribution < -0.4 is 5.73 Å². The molecule has 1 aromatic rings. The molecule has 3 nitrogen and oxygen atoms in total. The quantitative estimate of drug-likeness (QED) is 0.730. The summed E-state index contributed by atoms with van der Waals surface area (Å²) in [6.45, 7) is 5.77. The van der Waals surface area contributed by atoms with Crippen molar-refractivity contribution in [3.05, 3.63) is 18.0 Å². The highest BCUT2D eigenvalue weighted by Gasteiger charge is 1.97. The van der Waals surface area contributed by atoms with Gasteiger partial charge in [0.1, 0.15) is 0 Å². The average Bonchev–Trinajstić information content (AvgIpc) is 2.59. The number of hydrogen-bond acceptors (Lipinski definition) is 2. The Kier molecular flexibility index (Phi) is 4.21. The Hall–Kier alpha value is -1.27. The van der Waals surface area contributed by atoms with Gasteiger partial charge in [0.05, 0.1) is 18.3 Å². The Bertz CT molecular complexity index is 328. The van der Waals surface area contributed by atoms with Gasteiger partial charge in [0, 0.05) is 12.7 Å². The lowest BCUT2D eigenvalue weighted by atomic mass is 10.1. The second-order valence-electron chi connectivity index (χ2n) is 3.68. The van der Waals surface area contributed by atoms with Crippen LogP contribution in [0, 0.1) is 17.8 Å².